The lowest BCUT2D eigenvalue weighted by Gasteiger charge is -2.22. The maximum atomic E-state index is 12.8. The molecule has 1 fully saturated rings. The third-order valence-corrected chi connectivity index (χ3v) is 4.29. The number of amides is 2. The molecule has 0 bridgehead atoms. The second-order valence-electron chi connectivity index (χ2n) is 6.34. The largest absolute Gasteiger partial charge is 0.416 e. The molecule has 0 aromatic heterocycles. The van der Waals surface area contributed by atoms with E-state index in [1.165, 1.54) is 12.1 Å². The van der Waals surface area contributed by atoms with Crippen LogP contribution < -0.4 is 5.32 Å². The molecule has 1 N–H and O–H groups in total. The number of halogens is 3. The Kier molecular flexibility index (Phi) is 7.02. The minimum atomic E-state index is -4.42. The fourth-order valence-electron chi connectivity index (χ4n) is 2.98. The van der Waals surface area contributed by atoms with Gasteiger partial charge in [0.15, 0.2) is 0 Å². The van der Waals surface area contributed by atoms with E-state index in [9.17, 15) is 22.8 Å². The number of benzene rings is 1. The zero-order valence-corrected chi connectivity index (χ0v) is 14.8. The van der Waals surface area contributed by atoms with Gasteiger partial charge in [-0.05, 0) is 25.0 Å². The Hall–Kier alpha value is -2.09. The highest BCUT2D eigenvalue weighted by atomic mass is 19.4. The van der Waals surface area contributed by atoms with Crippen LogP contribution in [-0.2, 0) is 22.2 Å². The van der Waals surface area contributed by atoms with E-state index in [2.05, 4.69) is 5.32 Å². The van der Waals surface area contributed by atoms with E-state index < -0.39 is 11.7 Å². The Morgan fingerprint density at radius 3 is 2.62 bits per heavy atom. The number of carbonyl (C=O) groups is 2. The minimum absolute atomic E-state index is 0.0451. The van der Waals surface area contributed by atoms with Gasteiger partial charge in [0, 0.05) is 32.7 Å². The van der Waals surface area contributed by atoms with Gasteiger partial charge in [-0.1, -0.05) is 18.2 Å². The van der Waals surface area contributed by atoms with E-state index in [0.717, 1.165) is 18.6 Å². The van der Waals surface area contributed by atoms with Gasteiger partial charge in [-0.25, -0.2) is 0 Å². The van der Waals surface area contributed by atoms with Crippen LogP contribution in [0.2, 0.25) is 0 Å². The van der Waals surface area contributed by atoms with E-state index in [1.807, 2.05) is 11.8 Å². The maximum absolute atomic E-state index is 12.8. The number of hydrogen-bond acceptors (Lipinski definition) is 3. The predicted molar refractivity (Wildman–Crippen MR) is 91.5 cm³/mol. The van der Waals surface area contributed by atoms with Crippen LogP contribution in [0.3, 0.4) is 0 Å². The summed E-state index contributed by atoms with van der Waals surface area (Å²) in [6, 6.07) is 4.88. The van der Waals surface area contributed by atoms with Crippen molar-refractivity contribution in [3.8, 4) is 0 Å². The van der Waals surface area contributed by atoms with Gasteiger partial charge >= 0.3 is 6.18 Å². The highest BCUT2D eigenvalue weighted by Gasteiger charge is 2.30. The number of alkyl halides is 3. The molecule has 1 heterocycles. The van der Waals surface area contributed by atoms with Gasteiger partial charge in [0.05, 0.1) is 18.5 Å². The summed E-state index contributed by atoms with van der Waals surface area (Å²) < 4.78 is 38.3. The van der Waals surface area contributed by atoms with Gasteiger partial charge in [-0.2, -0.15) is 13.2 Å². The topological polar surface area (TPSA) is 52.7 Å². The lowest BCUT2D eigenvalue weighted by atomic mass is 10.1. The van der Waals surface area contributed by atoms with Gasteiger partial charge in [0.2, 0.25) is 11.8 Å². The van der Waals surface area contributed by atoms with Crippen molar-refractivity contribution in [3.05, 3.63) is 35.4 Å². The van der Waals surface area contributed by atoms with Crippen molar-refractivity contribution in [3.63, 3.8) is 0 Å². The number of rotatable bonds is 5. The Morgan fingerprint density at radius 1 is 1.15 bits per heavy atom. The molecule has 8 heteroatoms. The molecule has 5 nitrogen and oxygen atoms in total. The first kappa shape index (κ1) is 20.2. The van der Waals surface area contributed by atoms with Gasteiger partial charge in [-0.3, -0.25) is 14.5 Å². The van der Waals surface area contributed by atoms with Crippen LogP contribution in [0.5, 0.6) is 0 Å². The third-order valence-electron chi connectivity index (χ3n) is 4.29. The summed E-state index contributed by atoms with van der Waals surface area (Å²) in [6.07, 6.45) is -3.74. The first-order valence-corrected chi connectivity index (χ1v) is 8.72. The van der Waals surface area contributed by atoms with Crippen LogP contribution in [0.25, 0.3) is 0 Å². The summed E-state index contributed by atoms with van der Waals surface area (Å²) in [6.45, 7) is 5.03. The quantitative estimate of drug-likeness (QED) is 0.861. The van der Waals surface area contributed by atoms with Crippen molar-refractivity contribution >= 4 is 11.8 Å². The van der Waals surface area contributed by atoms with E-state index >= 15 is 0 Å². The van der Waals surface area contributed by atoms with Crippen LogP contribution in [0, 0.1) is 0 Å². The molecule has 1 aliphatic heterocycles. The summed E-state index contributed by atoms with van der Waals surface area (Å²) in [5.74, 6) is -0.236. The van der Waals surface area contributed by atoms with Crippen molar-refractivity contribution in [1.29, 1.82) is 0 Å². The molecular formula is C18H24F3N3O2. The molecule has 1 aliphatic rings. The molecule has 1 aromatic carbocycles. The average molecular weight is 371 g/mol. The minimum Gasteiger partial charge on any atom is -0.355 e. The monoisotopic (exact) mass is 371 g/mol. The molecule has 2 amide bonds. The van der Waals surface area contributed by atoms with Gasteiger partial charge in [0.25, 0.3) is 0 Å². The predicted octanol–water partition coefficient (Wildman–Crippen LogP) is 1.92. The molecule has 144 valence electrons. The van der Waals surface area contributed by atoms with Crippen LogP contribution in [0.4, 0.5) is 13.2 Å². The van der Waals surface area contributed by atoms with E-state index in [1.54, 1.807) is 4.90 Å². The smallest absolute Gasteiger partial charge is 0.355 e. The molecule has 0 saturated carbocycles. The van der Waals surface area contributed by atoms with Crippen molar-refractivity contribution in [2.75, 3.05) is 39.3 Å². The highest BCUT2D eigenvalue weighted by molar-refractivity contribution is 5.79. The SMILES string of the molecule is CCNC(=O)CN1CCCN(C(=O)Cc2cccc(C(F)(F)F)c2)CC1. The van der Waals surface area contributed by atoms with Crippen LogP contribution >= 0.6 is 0 Å². The van der Waals surface area contributed by atoms with Gasteiger partial charge in [-0.15, -0.1) is 0 Å². The fraction of sp³-hybridized carbons (Fsp3) is 0.556. The lowest BCUT2D eigenvalue weighted by molar-refractivity contribution is -0.138. The molecule has 0 atom stereocenters. The fourth-order valence-corrected chi connectivity index (χ4v) is 2.98. The Morgan fingerprint density at radius 2 is 1.92 bits per heavy atom. The van der Waals surface area contributed by atoms with Crippen LogP contribution in [-0.4, -0.2) is 60.9 Å². The number of nitrogens with one attached hydrogen (secondary N) is 1. The lowest BCUT2D eigenvalue weighted by Crippen LogP contribution is -2.40. The molecule has 26 heavy (non-hydrogen) atoms. The number of carbonyl (C=O) groups excluding carboxylic acids is 2. The van der Waals surface area contributed by atoms with Gasteiger partial charge in [0.1, 0.15) is 0 Å². The van der Waals surface area contributed by atoms with Gasteiger partial charge < -0.3 is 10.2 Å². The second-order valence-corrected chi connectivity index (χ2v) is 6.34. The zero-order chi connectivity index (χ0) is 19.2. The van der Waals surface area contributed by atoms with E-state index in [-0.39, 0.29) is 18.2 Å². The van der Waals surface area contributed by atoms with E-state index in [4.69, 9.17) is 0 Å². The summed E-state index contributed by atoms with van der Waals surface area (Å²) in [5, 5.41) is 2.74. The van der Waals surface area contributed by atoms with Crippen molar-refractivity contribution < 1.29 is 22.8 Å². The second kappa shape index (κ2) is 9.02. The summed E-state index contributed by atoms with van der Waals surface area (Å²) in [4.78, 5) is 27.8. The number of likely N-dealkylation sites (N-methyl/N-ethyl adjacent to an activating group) is 1. The third kappa shape index (κ3) is 6.01. The maximum Gasteiger partial charge on any atom is 0.416 e. The standard InChI is InChI=1S/C18H24F3N3O2/c1-2-22-16(25)13-23-7-4-8-24(10-9-23)17(26)12-14-5-3-6-15(11-14)18(19,20)21/h3,5-6,11H,2,4,7-10,12-13H2,1H3,(H,22,25). The van der Waals surface area contributed by atoms with Crippen molar-refractivity contribution in [1.82, 2.24) is 15.1 Å². The molecule has 0 aliphatic carbocycles. The first-order valence-electron chi connectivity index (χ1n) is 8.72. The van der Waals surface area contributed by atoms with E-state index in [0.29, 0.717) is 44.8 Å². The van der Waals surface area contributed by atoms with Crippen LogP contribution in [0.15, 0.2) is 24.3 Å². The van der Waals surface area contributed by atoms with Crippen molar-refractivity contribution in [2.45, 2.75) is 25.9 Å². The molecule has 1 aromatic rings. The summed E-state index contributed by atoms with van der Waals surface area (Å²) >= 11 is 0. The Labute approximate surface area is 151 Å². The van der Waals surface area contributed by atoms with Crippen molar-refractivity contribution in [2.24, 2.45) is 0 Å². The number of hydrogen-bond donors (Lipinski definition) is 1. The summed E-state index contributed by atoms with van der Waals surface area (Å²) in [5.41, 5.74) is -0.389. The summed E-state index contributed by atoms with van der Waals surface area (Å²) in [7, 11) is 0. The molecular weight excluding hydrogens is 347 g/mol. The molecule has 2 rings (SSSR count). The Balaban J connectivity index is 1.91. The van der Waals surface area contributed by atoms with Crippen LogP contribution in [0.1, 0.15) is 24.5 Å². The molecule has 0 spiro atoms. The first-order chi connectivity index (χ1) is 12.3. The number of nitrogens with zero attached hydrogens (tertiary/aromatic N) is 2. The normalized spacial score (nSPS) is 16.2. The zero-order valence-electron chi connectivity index (χ0n) is 14.8. The molecule has 0 unspecified atom stereocenters. The Bertz CT molecular complexity index is 634. The average Bonchev–Trinajstić information content (AvgIpc) is 2.80. The molecule has 1 saturated heterocycles. The highest BCUT2D eigenvalue weighted by Crippen LogP contribution is 2.29. The molecule has 0 radical (unpaired) electrons.